The second-order valence-corrected chi connectivity index (χ2v) is 8.26. The van der Waals surface area contributed by atoms with E-state index in [-0.39, 0.29) is 0 Å². The number of rotatable bonds is 9. The Balaban J connectivity index is 1.57. The van der Waals surface area contributed by atoms with Crippen LogP contribution in [-0.2, 0) is 18.7 Å². The lowest BCUT2D eigenvalue weighted by atomic mass is 10.2. The molecule has 4 rings (SSSR count). The standard InChI is InChI=1S/C22H22ClN5OS/c1-2-3-9-20-24-19(27-29-20)15-30-22-26-25-21(17-10-12-18(23)13-11-17)28(22)14-16-7-5-4-6-8-16/h4-8,10-13H,2-3,9,14-15H2,1H3. The first-order valence-electron chi connectivity index (χ1n) is 9.90. The van der Waals surface area contributed by atoms with Gasteiger partial charge in [0.15, 0.2) is 16.8 Å². The highest BCUT2D eigenvalue weighted by Gasteiger charge is 2.16. The molecule has 0 bridgehead atoms. The minimum Gasteiger partial charge on any atom is -0.339 e. The second-order valence-electron chi connectivity index (χ2n) is 6.88. The Morgan fingerprint density at radius 1 is 1.03 bits per heavy atom. The summed E-state index contributed by atoms with van der Waals surface area (Å²) in [5.41, 5.74) is 2.15. The fraction of sp³-hybridized carbons (Fsp3) is 0.273. The maximum absolute atomic E-state index is 6.06. The number of nitrogens with zero attached hydrogens (tertiary/aromatic N) is 5. The van der Waals surface area contributed by atoms with E-state index in [4.69, 9.17) is 16.1 Å². The maximum atomic E-state index is 6.06. The van der Waals surface area contributed by atoms with Crippen molar-refractivity contribution in [1.29, 1.82) is 0 Å². The molecule has 0 aliphatic rings. The van der Waals surface area contributed by atoms with Gasteiger partial charge in [-0.05, 0) is 36.2 Å². The van der Waals surface area contributed by atoms with Crippen molar-refractivity contribution < 1.29 is 4.52 Å². The van der Waals surface area contributed by atoms with Crippen LogP contribution in [0.4, 0.5) is 0 Å². The molecule has 0 unspecified atom stereocenters. The van der Waals surface area contributed by atoms with E-state index in [1.165, 1.54) is 5.56 Å². The summed E-state index contributed by atoms with van der Waals surface area (Å²) >= 11 is 7.61. The molecule has 6 nitrogen and oxygen atoms in total. The summed E-state index contributed by atoms with van der Waals surface area (Å²) < 4.78 is 7.45. The molecule has 0 radical (unpaired) electrons. The number of aromatic nitrogens is 5. The van der Waals surface area contributed by atoms with Crippen LogP contribution < -0.4 is 0 Å². The van der Waals surface area contributed by atoms with Crippen LogP contribution in [0.25, 0.3) is 11.4 Å². The Morgan fingerprint density at radius 2 is 1.83 bits per heavy atom. The van der Waals surface area contributed by atoms with Crippen molar-refractivity contribution in [2.75, 3.05) is 0 Å². The summed E-state index contributed by atoms with van der Waals surface area (Å²) in [6.45, 7) is 2.81. The smallest absolute Gasteiger partial charge is 0.226 e. The zero-order valence-electron chi connectivity index (χ0n) is 16.7. The average Bonchev–Trinajstić information content (AvgIpc) is 3.39. The van der Waals surface area contributed by atoms with Gasteiger partial charge in [0.05, 0.1) is 12.3 Å². The molecule has 0 spiro atoms. The van der Waals surface area contributed by atoms with Crippen molar-refractivity contribution in [3.63, 3.8) is 0 Å². The van der Waals surface area contributed by atoms with Crippen molar-refractivity contribution in [1.82, 2.24) is 24.9 Å². The number of benzene rings is 2. The summed E-state index contributed by atoms with van der Waals surface area (Å²) in [5.74, 6) is 2.74. The quantitative estimate of drug-likeness (QED) is 0.313. The first-order valence-corrected chi connectivity index (χ1v) is 11.3. The van der Waals surface area contributed by atoms with Gasteiger partial charge in [0.1, 0.15) is 0 Å². The molecule has 0 amide bonds. The van der Waals surface area contributed by atoms with Gasteiger partial charge >= 0.3 is 0 Å². The number of hydrogen-bond acceptors (Lipinski definition) is 6. The van der Waals surface area contributed by atoms with Crippen molar-refractivity contribution in [2.24, 2.45) is 0 Å². The molecule has 2 aromatic heterocycles. The molecule has 8 heteroatoms. The van der Waals surface area contributed by atoms with Crippen molar-refractivity contribution in [2.45, 2.75) is 43.6 Å². The van der Waals surface area contributed by atoms with E-state index in [9.17, 15) is 0 Å². The first kappa shape index (κ1) is 20.6. The van der Waals surface area contributed by atoms with Gasteiger partial charge in [-0.3, -0.25) is 4.57 Å². The minimum absolute atomic E-state index is 0.573. The van der Waals surface area contributed by atoms with Gasteiger partial charge in [-0.15, -0.1) is 10.2 Å². The largest absolute Gasteiger partial charge is 0.339 e. The van der Waals surface area contributed by atoms with Gasteiger partial charge in [0, 0.05) is 17.0 Å². The predicted octanol–water partition coefficient (Wildman–Crippen LogP) is 5.66. The summed E-state index contributed by atoms with van der Waals surface area (Å²) in [6, 6.07) is 17.9. The van der Waals surface area contributed by atoms with Crippen LogP contribution in [0.15, 0.2) is 64.3 Å². The normalized spacial score (nSPS) is 11.1. The van der Waals surface area contributed by atoms with Crippen LogP contribution in [0.1, 0.15) is 37.0 Å². The predicted molar refractivity (Wildman–Crippen MR) is 118 cm³/mol. The van der Waals surface area contributed by atoms with Gasteiger partial charge in [-0.1, -0.05) is 72.2 Å². The summed E-state index contributed by atoms with van der Waals surface area (Å²) in [5, 5.41) is 14.5. The Hall–Kier alpha value is -2.64. The van der Waals surface area contributed by atoms with E-state index in [0.29, 0.717) is 29.0 Å². The monoisotopic (exact) mass is 439 g/mol. The molecule has 0 fully saturated rings. The zero-order valence-corrected chi connectivity index (χ0v) is 18.2. The number of halogens is 1. The Labute approximate surface area is 184 Å². The molecule has 2 heterocycles. The van der Waals surface area contributed by atoms with E-state index in [0.717, 1.165) is 35.8 Å². The first-order chi connectivity index (χ1) is 14.7. The van der Waals surface area contributed by atoms with Crippen molar-refractivity contribution in [3.05, 3.63) is 76.9 Å². The van der Waals surface area contributed by atoms with E-state index >= 15 is 0 Å². The third kappa shape index (κ3) is 5.09. The molecule has 0 saturated carbocycles. The average molecular weight is 440 g/mol. The van der Waals surface area contributed by atoms with E-state index in [2.05, 4.69) is 44.0 Å². The van der Waals surface area contributed by atoms with Crippen LogP contribution in [0.5, 0.6) is 0 Å². The summed E-state index contributed by atoms with van der Waals surface area (Å²) in [7, 11) is 0. The molecule has 0 aliphatic carbocycles. The lowest BCUT2D eigenvalue weighted by Gasteiger charge is -2.10. The van der Waals surface area contributed by atoms with Crippen LogP contribution in [0, 0.1) is 0 Å². The third-order valence-electron chi connectivity index (χ3n) is 4.59. The SMILES string of the molecule is CCCCc1nc(CSc2nnc(-c3ccc(Cl)cc3)n2Cc2ccccc2)no1. The van der Waals surface area contributed by atoms with Gasteiger partial charge < -0.3 is 4.52 Å². The van der Waals surface area contributed by atoms with Crippen LogP contribution in [0.3, 0.4) is 0 Å². The molecular formula is C22H22ClN5OS. The lowest BCUT2D eigenvalue weighted by Crippen LogP contribution is -2.04. The molecular weight excluding hydrogens is 418 g/mol. The maximum Gasteiger partial charge on any atom is 0.226 e. The number of thioether (sulfide) groups is 1. The summed E-state index contributed by atoms with van der Waals surface area (Å²) in [4.78, 5) is 4.48. The summed E-state index contributed by atoms with van der Waals surface area (Å²) in [6.07, 6.45) is 2.96. The highest BCUT2D eigenvalue weighted by Crippen LogP contribution is 2.27. The number of hydrogen-bond donors (Lipinski definition) is 0. The van der Waals surface area contributed by atoms with Gasteiger partial charge in [-0.25, -0.2) is 0 Å². The van der Waals surface area contributed by atoms with E-state index in [1.807, 2.05) is 42.5 Å². The van der Waals surface area contributed by atoms with Gasteiger partial charge in [0.2, 0.25) is 5.89 Å². The number of unbranched alkanes of at least 4 members (excludes halogenated alkanes) is 1. The van der Waals surface area contributed by atoms with Gasteiger partial charge in [0.25, 0.3) is 0 Å². The minimum atomic E-state index is 0.573. The zero-order chi connectivity index (χ0) is 20.8. The van der Waals surface area contributed by atoms with Crippen LogP contribution >= 0.6 is 23.4 Å². The van der Waals surface area contributed by atoms with Gasteiger partial charge in [-0.2, -0.15) is 4.98 Å². The highest BCUT2D eigenvalue weighted by atomic mass is 35.5. The second kappa shape index (κ2) is 9.91. The van der Waals surface area contributed by atoms with Crippen molar-refractivity contribution >= 4 is 23.4 Å². The topological polar surface area (TPSA) is 69.6 Å². The lowest BCUT2D eigenvalue weighted by molar-refractivity contribution is 0.371. The van der Waals surface area contributed by atoms with E-state index in [1.54, 1.807) is 11.8 Å². The van der Waals surface area contributed by atoms with E-state index < -0.39 is 0 Å². The molecule has 0 aliphatic heterocycles. The van der Waals surface area contributed by atoms with Crippen LogP contribution in [0.2, 0.25) is 5.02 Å². The number of aryl methyl sites for hydroxylation is 1. The fourth-order valence-electron chi connectivity index (χ4n) is 3.02. The Morgan fingerprint density at radius 3 is 2.60 bits per heavy atom. The fourth-order valence-corrected chi connectivity index (χ4v) is 3.93. The molecule has 0 saturated heterocycles. The van der Waals surface area contributed by atoms with Crippen molar-refractivity contribution in [3.8, 4) is 11.4 Å². The Kier molecular flexibility index (Phi) is 6.81. The third-order valence-corrected chi connectivity index (χ3v) is 5.80. The molecule has 0 atom stereocenters. The molecule has 4 aromatic rings. The molecule has 0 N–H and O–H groups in total. The van der Waals surface area contributed by atoms with Crippen LogP contribution in [-0.4, -0.2) is 24.9 Å². The molecule has 154 valence electrons. The highest BCUT2D eigenvalue weighted by molar-refractivity contribution is 7.98. The molecule has 2 aromatic carbocycles. The Bertz CT molecular complexity index is 1080. The molecule has 30 heavy (non-hydrogen) atoms.